The predicted octanol–water partition coefficient (Wildman–Crippen LogP) is 3.44. The molecular weight excluding hydrogens is 318 g/mol. The van der Waals surface area contributed by atoms with E-state index in [0.717, 1.165) is 15.6 Å². The average molecular weight is 340 g/mol. The highest BCUT2D eigenvalue weighted by Crippen LogP contribution is 2.19. The topological polar surface area (TPSA) is 49.3 Å². The number of aryl methyl sites for hydroxylation is 1. The number of hydrogen-bond acceptors (Lipinski definition) is 2. The van der Waals surface area contributed by atoms with E-state index >= 15 is 0 Å². The van der Waals surface area contributed by atoms with Crippen molar-refractivity contribution < 1.29 is 9.90 Å². The molecule has 0 aliphatic heterocycles. The van der Waals surface area contributed by atoms with Crippen LogP contribution in [0.3, 0.4) is 0 Å². The van der Waals surface area contributed by atoms with Crippen LogP contribution in [0.15, 0.2) is 28.7 Å². The number of carbonyl (C=O) groups excluding carboxylic acids is 1. The molecule has 0 fully saturated rings. The predicted molar refractivity (Wildman–Crippen MR) is 86.5 cm³/mol. The Hall–Kier alpha value is -1.13. The number of carbonyl (C=O) groups is 1. The van der Waals surface area contributed by atoms with Crippen molar-refractivity contribution in [3.63, 3.8) is 0 Å². The normalized spacial score (nSPS) is 11.8. The van der Waals surface area contributed by atoms with E-state index in [2.05, 4.69) is 21.2 Å². The van der Waals surface area contributed by atoms with Crippen molar-refractivity contribution in [1.82, 2.24) is 5.32 Å². The van der Waals surface area contributed by atoms with Gasteiger partial charge in [-0.2, -0.15) is 0 Å². The van der Waals surface area contributed by atoms with Crippen LogP contribution in [0, 0.1) is 6.92 Å². The van der Waals surface area contributed by atoms with Crippen molar-refractivity contribution in [3.05, 3.63) is 39.9 Å². The Balaban J connectivity index is 2.60. The molecule has 3 nitrogen and oxygen atoms in total. The highest BCUT2D eigenvalue weighted by atomic mass is 79.9. The van der Waals surface area contributed by atoms with Crippen molar-refractivity contribution in [2.24, 2.45) is 0 Å². The van der Waals surface area contributed by atoms with Gasteiger partial charge in [-0.1, -0.05) is 41.9 Å². The molecule has 0 saturated carbocycles. The molecule has 0 spiro atoms. The van der Waals surface area contributed by atoms with Crippen molar-refractivity contribution in [1.29, 1.82) is 0 Å². The van der Waals surface area contributed by atoms with Crippen LogP contribution in [-0.4, -0.2) is 23.2 Å². The van der Waals surface area contributed by atoms with E-state index in [1.165, 1.54) is 6.08 Å². The number of rotatable bonds is 6. The highest BCUT2D eigenvalue weighted by molar-refractivity contribution is 9.10. The molecule has 1 amide bonds. The summed E-state index contributed by atoms with van der Waals surface area (Å²) in [6, 6.07) is 5.96. The fourth-order valence-corrected chi connectivity index (χ4v) is 2.37. The van der Waals surface area contributed by atoms with Crippen LogP contribution in [0.4, 0.5) is 0 Å². The molecule has 4 heteroatoms. The van der Waals surface area contributed by atoms with Gasteiger partial charge >= 0.3 is 0 Å². The van der Waals surface area contributed by atoms with E-state index < -0.39 is 5.60 Å². The molecule has 0 unspecified atom stereocenters. The Labute approximate surface area is 129 Å². The summed E-state index contributed by atoms with van der Waals surface area (Å²) in [5, 5.41) is 12.8. The number of aliphatic hydroxyl groups is 1. The van der Waals surface area contributed by atoms with Gasteiger partial charge in [0.2, 0.25) is 5.91 Å². The Bertz CT molecular complexity index is 493. The van der Waals surface area contributed by atoms with Gasteiger partial charge in [0.05, 0.1) is 5.60 Å². The van der Waals surface area contributed by atoms with Crippen LogP contribution in [0.5, 0.6) is 0 Å². The third kappa shape index (κ3) is 5.10. The molecule has 0 atom stereocenters. The van der Waals surface area contributed by atoms with Crippen LogP contribution in [0.25, 0.3) is 6.08 Å². The number of halogens is 1. The maximum Gasteiger partial charge on any atom is 0.244 e. The Kier molecular flexibility index (Phi) is 6.43. The molecule has 0 radical (unpaired) electrons. The molecule has 0 aliphatic rings. The smallest absolute Gasteiger partial charge is 0.244 e. The summed E-state index contributed by atoms with van der Waals surface area (Å²) < 4.78 is 0.958. The van der Waals surface area contributed by atoms with Crippen molar-refractivity contribution in [3.8, 4) is 0 Å². The van der Waals surface area contributed by atoms with E-state index in [4.69, 9.17) is 0 Å². The van der Waals surface area contributed by atoms with Gasteiger partial charge in [0.25, 0.3) is 0 Å². The van der Waals surface area contributed by atoms with Crippen molar-refractivity contribution >= 4 is 27.9 Å². The van der Waals surface area contributed by atoms with Crippen LogP contribution >= 0.6 is 15.9 Å². The largest absolute Gasteiger partial charge is 0.388 e. The lowest BCUT2D eigenvalue weighted by Crippen LogP contribution is -2.41. The average Bonchev–Trinajstić information content (AvgIpc) is 2.44. The summed E-state index contributed by atoms with van der Waals surface area (Å²) >= 11 is 3.47. The second-order valence-corrected chi connectivity index (χ2v) is 5.86. The van der Waals surface area contributed by atoms with E-state index in [1.807, 2.05) is 39.0 Å². The molecule has 20 heavy (non-hydrogen) atoms. The highest BCUT2D eigenvalue weighted by Gasteiger charge is 2.22. The summed E-state index contributed by atoms with van der Waals surface area (Å²) in [4.78, 5) is 11.7. The SMILES string of the molecule is CCC(O)(CC)CNC(=O)C=Cc1ccc(C)cc1Br. The summed E-state index contributed by atoms with van der Waals surface area (Å²) in [5.41, 5.74) is 1.30. The maximum atomic E-state index is 11.7. The minimum Gasteiger partial charge on any atom is -0.388 e. The molecule has 0 aromatic heterocycles. The Morgan fingerprint density at radius 1 is 1.40 bits per heavy atom. The molecule has 0 heterocycles. The van der Waals surface area contributed by atoms with E-state index in [1.54, 1.807) is 6.08 Å². The van der Waals surface area contributed by atoms with Gasteiger partial charge in [-0.05, 0) is 43.0 Å². The number of nitrogens with one attached hydrogen (secondary N) is 1. The summed E-state index contributed by atoms with van der Waals surface area (Å²) in [6.07, 6.45) is 4.49. The molecule has 1 aromatic carbocycles. The fraction of sp³-hybridized carbons (Fsp3) is 0.438. The van der Waals surface area contributed by atoms with Gasteiger partial charge in [0.1, 0.15) is 0 Å². The van der Waals surface area contributed by atoms with Gasteiger partial charge < -0.3 is 10.4 Å². The van der Waals surface area contributed by atoms with Gasteiger partial charge in [-0.15, -0.1) is 0 Å². The van der Waals surface area contributed by atoms with Gasteiger partial charge in [0, 0.05) is 17.1 Å². The van der Waals surface area contributed by atoms with Crippen LogP contribution in [0.2, 0.25) is 0 Å². The van der Waals surface area contributed by atoms with Crippen LogP contribution < -0.4 is 5.32 Å². The van der Waals surface area contributed by atoms with Crippen molar-refractivity contribution in [2.75, 3.05) is 6.54 Å². The van der Waals surface area contributed by atoms with E-state index in [0.29, 0.717) is 12.8 Å². The first-order chi connectivity index (χ1) is 9.40. The first-order valence-electron chi connectivity index (χ1n) is 6.84. The standard InChI is InChI=1S/C16H22BrNO2/c1-4-16(20,5-2)11-18-15(19)9-8-13-7-6-12(3)10-14(13)17/h6-10,20H,4-5,11H2,1-3H3,(H,18,19). The molecular formula is C16H22BrNO2. The summed E-state index contributed by atoms with van der Waals surface area (Å²) in [6.45, 7) is 6.11. The lowest BCUT2D eigenvalue weighted by molar-refractivity contribution is -0.117. The second kappa shape index (κ2) is 7.60. The monoisotopic (exact) mass is 339 g/mol. The lowest BCUT2D eigenvalue weighted by Gasteiger charge is -2.24. The minimum atomic E-state index is -0.812. The third-order valence-corrected chi connectivity index (χ3v) is 4.16. The Morgan fingerprint density at radius 2 is 2.05 bits per heavy atom. The number of benzene rings is 1. The zero-order valence-electron chi connectivity index (χ0n) is 12.2. The first kappa shape index (κ1) is 16.9. The number of amides is 1. The third-order valence-electron chi connectivity index (χ3n) is 3.48. The van der Waals surface area contributed by atoms with Crippen LogP contribution in [-0.2, 0) is 4.79 Å². The van der Waals surface area contributed by atoms with Gasteiger partial charge in [-0.3, -0.25) is 4.79 Å². The molecule has 1 aromatic rings. The molecule has 0 bridgehead atoms. The Morgan fingerprint density at radius 3 is 2.60 bits per heavy atom. The van der Waals surface area contributed by atoms with Crippen molar-refractivity contribution in [2.45, 2.75) is 39.2 Å². The van der Waals surface area contributed by atoms with Gasteiger partial charge in [0.15, 0.2) is 0 Å². The molecule has 2 N–H and O–H groups in total. The van der Waals surface area contributed by atoms with E-state index in [9.17, 15) is 9.90 Å². The maximum absolute atomic E-state index is 11.7. The zero-order valence-corrected chi connectivity index (χ0v) is 13.8. The molecule has 0 saturated heterocycles. The lowest BCUT2D eigenvalue weighted by atomic mass is 9.98. The molecule has 110 valence electrons. The second-order valence-electron chi connectivity index (χ2n) is 5.01. The molecule has 0 aliphatic carbocycles. The molecule has 1 rings (SSSR count). The zero-order chi connectivity index (χ0) is 15.2. The quantitative estimate of drug-likeness (QED) is 0.780. The van der Waals surface area contributed by atoms with Gasteiger partial charge in [-0.25, -0.2) is 0 Å². The summed E-state index contributed by atoms with van der Waals surface area (Å²) in [7, 11) is 0. The summed E-state index contributed by atoms with van der Waals surface area (Å²) in [5.74, 6) is -0.196. The first-order valence-corrected chi connectivity index (χ1v) is 7.64. The minimum absolute atomic E-state index is 0.196. The van der Waals surface area contributed by atoms with E-state index in [-0.39, 0.29) is 12.5 Å². The number of hydrogen-bond donors (Lipinski definition) is 2. The van der Waals surface area contributed by atoms with Crippen LogP contribution in [0.1, 0.15) is 37.8 Å². The fourth-order valence-electron chi connectivity index (χ4n) is 1.74.